The van der Waals surface area contributed by atoms with Crippen molar-refractivity contribution in [1.29, 1.82) is 0 Å². The van der Waals surface area contributed by atoms with Crippen LogP contribution in [0.4, 0.5) is 8.78 Å². The van der Waals surface area contributed by atoms with Gasteiger partial charge in [0.2, 0.25) is 0 Å². The Morgan fingerprint density at radius 1 is 1.18 bits per heavy atom. The Morgan fingerprint density at radius 3 is 2.76 bits per heavy atom. The molecule has 1 heterocycles. The highest BCUT2D eigenvalue weighted by Crippen LogP contribution is 2.33. The maximum atomic E-state index is 13.5. The molecule has 0 bridgehead atoms. The summed E-state index contributed by atoms with van der Waals surface area (Å²) in [6.07, 6.45) is 7.83. The van der Waals surface area contributed by atoms with Gasteiger partial charge in [-0.2, -0.15) is 0 Å². The number of fused-ring (bicyclic) bond motifs is 1. The number of methoxy groups -OCH3 is 1. The van der Waals surface area contributed by atoms with Crippen LogP contribution in [0.25, 0.3) is 0 Å². The number of amidine groups is 1. The zero-order valence-corrected chi connectivity index (χ0v) is 19.6. The van der Waals surface area contributed by atoms with E-state index in [2.05, 4.69) is 15.3 Å². The van der Waals surface area contributed by atoms with Gasteiger partial charge in [-0.15, -0.1) is 0 Å². The number of ether oxygens (including phenoxy) is 3. The molecule has 0 radical (unpaired) electrons. The minimum atomic E-state index is -0.881. The molecule has 7 nitrogen and oxygen atoms in total. The van der Waals surface area contributed by atoms with Crippen LogP contribution in [0.3, 0.4) is 0 Å². The zero-order valence-electron chi connectivity index (χ0n) is 19.6. The van der Waals surface area contributed by atoms with Gasteiger partial charge in [0, 0.05) is 25.5 Å². The van der Waals surface area contributed by atoms with E-state index in [1.54, 1.807) is 14.0 Å². The molecule has 9 heteroatoms. The minimum Gasteiger partial charge on any atom is -0.494 e. The summed E-state index contributed by atoms with van der Waals surface area (Å²) in [5.41, 5.74) is 1.41. The summed E-state index contributed by atoms with van der Waals surface area (Å²) < 4.78 is 43.2. The summed E-state index contributed by atoms with van der Waals surface area (Å²) >= 11 is 0. The van der Waals surface area contributed by atoms with E-state index >= 15 is 0 Å². The second-order valence-electron chi connectivity index (χ2n) is 8.00. The molecule has 0 amide bonds. The van der Waals surface area contributed by atoms with Crippen molar-refractivity contribution in [3.05, 3.63) is 58.7 Å². The highest BCUT2D eigenvalue weighted by Gasteiger charge is 2.30. The van der Waals surface area contributed by atoms with Crippen LogP contribution in [-0.4, -0.2) is 38.5 Å². The number of nitrogens with one attached hydrogen (secondary N) is 1. The number of carbonyl (C=O) groups excluding carboxylic acids is 1. The van der Waals surface area contributed by atoms with E-state index in [1.807, 2.05) is 6.08 Å². The van der Waals surface area contributed by atoms with E-state index in [4.69, 9.17) is 14.2 Å². The fourth-order valence-corrected chi connectivity index (χ4v) is 3.79. The Kier molecular flexibility index (Phi) is 9.61. The van der Waals surface area contributed by atoms with E-state index in [9.17, 15) is 13.6 Å². The molecule has 1 unspecified atom stereocenters. The maximum Gasteiger partial charge on any atom is 0.305 e. The molecule has 0 saturated heterocycles. The summed E-state index contributed by atoms with van der Waals surface area (Å²) in [6.45, 7) is 3.06. The van der Waals surface area contributed by atoms with E-state index in [1.165, 1.54) is 18.5 Å². The summed E-state index contributed by atoms with van der Waals surface area (Å²) in [7, 11) is 1.59. The van der Waals surface area contributed by atoms with Crippen molar-refractivity contribution in [2.45, 2.75) is 52.0 Å². The van der Waals surface area contributed by atoms with Gasteiger partial charge in [0.25, 0.3) is 0 Å². The van der Waals surface area contributed by atoms with Crippen molar-refractivity contribution < 1.29 is 27.8 Å². The van der Waals surface area contributed by atoms with Crippen molar-refractivity contribution in [2.24, 2.45) is 15.9 Å². The van der Waals surface area contributed by atoms with Crippen LogP contribution < -0.4 is 5.32 Å². The Morgan fingerprint density at radius 2 is 2.00 bits per heavy atom. The normalized spacial score (nSPS) is 17.0. The van der Waals surface area contributed by atoms with Gasteiger partial charge in [0.05, 0.1) is 31.9 Å². The first kappa shape index (κ1) is 25.4. The van der Waals surface area contributed by atoms with Gasteiger partial charge in [0.15, 0.2) is 17.4 Å². The number of hydrogen-bond acceptors (Lipinski definition) is 7. The van der Waals surface area contributed by atoms with E-state index in [0.717, 1.165) is 43.2 Å². The summed E-state index contributed by atoms with van der Waals surface area (Å²) in [5.74, 6) is -0.00989. The van der Waals surface area contributed by atoms with Gasteiger partial charge in [-0.25, -0.2) is 18.8 Å². The third kappa shape index (κ3) is 7.13. The lowest BCUT2D eigenvalue weighted by Crippen LogP contribution is -2.35. The lowest BCUT2D eigenvalue weighted by molar-refractivity contribution is -0.143. The number of benzene rings is 1. The van der Waals surface area contributed by atoms with Crippen LogP contribution in [-0.2, 0) is 25.5 Å². The Hall–Kier alpha value is -3.23. The average molecular weight is 476 g/mol. The second-order valence-corrected chi connectivity index (χ2v) is 8.00. The monoisotopic (exact) mass is 475 g/mol. The molecular weight excluding hydrogens is 444 g/mol. The van der Waals surface area contributed by atoms with Crippen LogP contribution in [0.15, 0.2) is 51.5 Å². The van der Waals surface area contributed by atoms with Crippen LogP contribution in [0.5, 0.6) is 0 Å². The molecule has 1 aromatic rings. The molecule has 1 aliphatic carbocycles. The third-order valence-corrected chi connectivity index (χ3v) is 5.57. The molecule has 1 N–H and O–H groups in total. The fourth-order valence-electron chi connectivity index (χ4n) is 3.79. The molecule has 3 rings (SSSR count). The minimum absolute atomic E-state index is 0.145. The van der Waals surface area contributed by atoms with Gasteiger partial charge in [0.1, 0.15) is 17.9 Å². The smallest absolute Gasteiger partial charge is 0.305 e. The second kappa shape index (κ2) is 12.9. The fraction of sp³-hybridized carbons (Fsp3) is 0.480. The molecule has 184 valence electrons. The van der Waals surface area contributed by atoms with Gasteiger partial charge in [-0.05, 0) is 37.5 Å². The predicted octanol–water partition coefficient (Wildman–Crippen LogP) is 4.79. The lowest BCUT2D eigenvalue weighted by atomic mass is 9.92. The molecule has 34 heavy (non-hydrogen) atoms. The first-order chi connectivity index (χ1) is 16.5. The standard InChI is InChI=1S/C25H31F2N3O4/c1-3-33-24(31)8-6-4-5-7-11-34-23-13-18-21(14-22(23)32-2)29-16-30-25(18)28-15-17-9-10-19(26)20(27)12-17/h9-10,12,14,16,18H,3-8,11,13,15H2,1-2H3,(H,28,29,30). The number of nitrogens with zero attached hydrogens (tertiary/aromatic N) is 2. The molecule has 1 aliphatic heterocycles. The van der Waals surface area contributed by atoms with Gasteiger partial charge in [-0.1, -0.05) is 18.9 Å². The van der Waals surface area contributed by atoms with Crippen molar-refractivity contribution >= 4 is 18.1 Å². The molecule has 1 aromatic carbocycles. The number of rotatable bonds is 12. The van der Waals surface area contributed by atoms with Crippen molar-refractivity contribution in [3.63, 3.8) is 0 Å². The molecular formula is C25H31F2N3O4. The topological polar surface area (TPSA) is 81.5 Å². The van der Waals surface area contributed by atoms with Crippen LogP contribution >= 0.6 is 0 Å². The Balaban J connectivity index is 1.50. The highest BCUT2D eigenvalue weighted by molar-refractivity contribution is 5.95. The number of allylic oxidation sites excluding steroid dienone is 2. The number of hydrogen-bond donors (Lipinski definition) is 1. The number of carbonyl (C=O) groups is 1. The highest BCUT2D eigenvalue weighted by atomic mass is 19.2. The predicted molar refractivity (Wildman–Crippen MR) is 125 cm³/mol. The van der Waals surface area contributed by atoms with Crippen LogP contribution in [0.1, 0.15) is 51.0 Å². The molecule has 0 saturated carbocycles. The lowest BCUT2D eigenvalue weighted by Gasteiger charge is -2.28. The van der Waals surface area contributed by atoms with Crippen molar-refractivity contribution in [1.82, 2.24) is 5.32 Å². The van der Waals surface area contributed by atoms with E-state index < -0.39 is 11.6 Å². The van der Waals surface area contributed by atoms with E-state index in [-0.39, 0.29) is 11.9 Å². The first-order valence-electron chi connectivity index (χ1n) is 11.6. The number of unbranched alkanes of at least 4 members (excludes halogenated alkanes) is 3. The van der Waals surface area contributed by atoms with Gasteiger partial charge >= 0.3 is 5.97 Å². The zero-order chi connectivity index (χ0) is 24.3. The third-order valence-electron chi connectivity index (χ3n) is 5.57. The summed E-state index contributed by atoms with van der Waals surface area (Å²) in [4.78, 5) is 20.1. The summed E-state index contributed by atoms with van der Waals surface area (Å²) in [5, 5.41) is 3.22. The molecule has 0 fully saturated rings. The molecule has 0 aromatic heterocycles. The van der Waals surface area contributed by atoms with E-state index in [0.29, 0.717) is 49.8 Å². The molecule has 1 atom stereocenters. The number of aliphatic imine (C=N–C) groups is 2. The largest absolute Gasteiger partial charge is 0.494 e. The Labute approximate surface area is 198 Å². The van der Waals surface area contributed by atoms with Gasteiger partial charge in [-0.3, -0.25) is 4.79 Å². The first-order valence-corrected chi connectivity index (χ1v) is 11.6. The maximum absolute atomic E-state index is 13.5. The number of halogens is 2. The Bertz CT molecular complexity index is 988. The van der Waals surface area contributed by atoms with Gasteiger partial charge < -0.3 is 19.5 Å². The quantitative estimate of drug-likeness (QED) is 0.347. The summed E-state index contributed by atoms with van der Waals surface area (Å²) in [6, 6.07) is 3.81. The molecule has 0 spiro atoms. The van der Waals surface area contributed by atoms with Crippen molar-refractivity contribution in [3.8, 4) is 0 Å². The van der Waals surface area contributed by atoms with Crippen LogP contribution in [0.2, 0.25) is 0 Å². The molecule has 2 aliphatic rings. The SMILES string of the molecule is CCOC(=O)CCCCCCOC1=C(OC)C=C2N=CN=C(NCc3ccc(F)c(F)c3)C2C1. The average Bonchev–Trinajstić information content (AvgIpc) is 2.83. The van der Waals surface area contributed by atoms with Crippen LogP contribution in [0, 0.1) is 17.6 Å². The number of esters is 1. The van der Waals surface area contributed by atoms with Crippen molar-refractivity contribution in [2.75, 3.05) is 20.3 Å².